The van der Waals surface area contributed by atoms with Crippen LogP contribution in [-0.2, 0) is 4.74 Å². The van der Waals surface area contributed by atoms with Crippen LogP contribution in [0.2, 0.25) is 0 Å². The van der Waals surface area contributed by atoms with Crippen LogP contribution in [0.25, 0.3) is 0 Å². The summed E-state index contributed by atoms with van der Waals surface area (Å²) in [6, 6.07) is 0.608. The fraction of sp³-hybridized carbons (Fsp3) is 1.00. The number of nitrogens with two attached hydrogens (primary N) is 1. The smallest absolute Gasteiger partial charge is 0.0477 e. The second kappa shape index (κ2) is 8.48. The molecule has 0 fully saturated rings. The molecule has 0 spiro atoms. The topological polar surface area (TPSA) is 38.5 Å². The summed E-state index contributed by atoms with van der Waals surface area (Å²) in [5, 5.41) is 0. The van der Waals surface area contributed by atoms with E-state index in [0.717, 1.165) is 39.1 Å². The molecule has 0 radical (unpaired) electrons. The van der Waals surface area contributed by atoms with E-state index in [-0.39, 0.29) is 0 Å². The lowest BCUT2D eigenvalue weighted by Crippen LogP contribution is -2.35. The first-order valence-electron chi connectivity index (χ1n) is 5.19. The molecule has 0 aromatic carbocycles. The van der Waals surface area contributed by atoms with Crippen LogP contribution in [0.1, 0.15) is 26.7 Å². The molecule has 1 unspecified atom stereocenters. The summed E-state index contributed by atoms with van der Waals surface area (Å²) < 4.78 is 5.06. The first-order chi connectivity index (χ1) is 6.26. The lowest BCUT2D eigenvalue weighted by atomic mass is 10.2. The third-order valence-corrected chi connectivity index (χ3v) is 2.42. The molecule has 80 valence electrons. The van der Waals surface area contributed by atoms with Gasteiger partial charge in [0.05, 0.1) is 0 Å². The molecule has 0 bridgehead atoms. The molecule has 0 aliphatic heterocycles. The summed E-state index contributed by atoms with van der Waals surface area (Å²) in [5.41, 5.74) is 5.48. The molecule has 1 atom stereocenters. The highest BCUT2D eigenvalue weighted by atomic mass is 16.5. The van der Waals surface area contributed by atoms with Crippen LogP contribution in [0.4, 0.5) is 0 Å². The van der Waals surface area contributed by atoms with Gasteiger partial charge in [-0.25, -0.2) is 0 Å². The van der Waals surface area contributed by atoms with E-state index in [1.54, 1.807) is 7.11 Å². The van der Waals surface area contributed by atoms with Gasteiger partial charge in [-0.1, -0.05) is 6.92 Å². The van der Waals surface area contributed by atoms with Crippen LogP contribution in [-0.4, -0.2) is 44.3 Å². The minimum atomic E-state index is 0.608. The lowest BCUT2D eigenvalue weighted by Gasteiger charge is -2.27. The molecule has 0 saturated heterocycles. The summed E-state index contributed by atoms with van der Waals surface area (Å²) in [6.45, 7) is 8.29. The molecule has 13 heavy (non-hydrogen) atoms. The fourth-order valence-corrected chi connectivity index (χ4v) is 1.46. The Morgan fingerprint density at radius 2 is 2.15 bits per heavy atom. The number of ether oxygens (including phenoxy) is 1. The maximum atomic E-state index is 5.48. The van der Waals surface area contributed by atoms with Gasteiger partial charge in [-0.05, 0) is 39.4 Å². The van der Waals surface area contributed by atoms with E-state index in [4.69, 9.17) is 10.5 Å². The summed E-state index contributed by atoms with van der Waals surface area (Å²) in [4.78, 5) is 2.45. The zero-order valence-electron chi connectivity index (χ0n) is 9.25. The molecule has 0 aliphatic rings. The van der Waals surface area contributed by atoms with Gasteiger partial charge in [0.1, 0.15) is 0 Å². The van der Waals surface area contributed by atoms with Crippen molar-refractivity contribution in [3.63, 3.8) is 0 Å². The Morgan fingerprint density at radius 3 is 2.62 bits per heavy atom. The predicted molar refractivity (Wildman–Crippen MR) is 56.9 cm³/mol. The minimum Gasteiger partial charge on any atom is -0.385 e. The van der Waals surface area contributed by atoms with E-state index in [9.17, 15) is 0 Å². The SMILES string of the molecule is CCN(CCCN)C(C)CCOC. The lowest BCUT2D eigenvalue weighted by molar-refractivity contribution is 0.141. The van der Waals surface area contributed by atoms with E-state index in [0.29, 0.717) is 6.04 Å². The summed E-state index contributed by atoms with van der Waals surface area (Å²) in [7, 11) is 1.75. The van der Waals surface area contributed by atoms with Crippen molar-refractivity contribution in [1.82, 2.24) is 4.90 Å². The maximum Gasteiger partial charge on any atom is 0.0477 e. The Hall–Kier alpha value is -0.120. The highest BCUT2D eigenvalue weighted by Gasteiger charge is 2.10. The summed E-state index contributed by atoms with van der Waals surface area (Å²) in [6.07, 6.45) is 2.19. The van der Waals surface area contributed by atoms with Crippen molar-refractivity contribution in [2.45, 2.75) is 32.7 Å². The first-order valence-corrected chi connectivity index (χ1v) is 5.19. The van der Waals surface area contributed by atoms with Gasteiger partial charge in [0.25, 0.3) is 0 Å². The van der Waals surface area contributed by atoms with Gasteiger partial charge < -0.3 is 15.4 Å². The second-order valence-electron chi connectivity index (χ2n) is 3.40. The predicted octanol–water partition coefficient (Wildman–Crippen LogP) is 1.08. The average Bonchev–Trinajstić information content (AvgIpc) is 2.16. The summed E-state index contributed by atoms with van der Waals surface area (Å²) >= 11 is 0. The van der Waals surface area contributed by atoms with Gasteiger partial charge in [0.2, 0.25) is 0 Å². The van der Waals surface area contributed by atoms with Crippen molar-refractivity contribution in [2.75, 3.05) is 33.4 Å². The molecular weight excluding hydrogens is 164 g/mol. The van der Waals surface area contributed by atoms with E-state index in [1.807, 2.05) is 0 Å². The standard InChI is InChI=1S/C10H24N2O/c1-4-12(8-5-7-11)10(2)6-9-13-3/h10H,4-9,11H2,1-3H3. The zero-order chi connectivity index (χ0) is 10.1. The molecule has 0 saturated carbocycles. The quantitative estimate of drug-likeness (QED) is 0.619. The number of hydrogen-bond acceptors (Lipinski definition) is 3. The molecule has 3 heteroatoms. The van der Waals surface area contributed by atoms with Gasteiger partial charge in [0, 0.05) is 19.8 Å². The monoisotopic (exact) mass is 188 g/mol. The Bertz CT molecular complexity index is 109. The van der Waals surface area contributed by atoms with E-state index < -0.39 is 0 Å². The van der Waals surface area contributed by atoms with Gasteiger partial charge in [-0.15, -0.1) is 0 Å². The first kappa shape index (κ1) is 12.9. The van der Waals surface area contributed by atoms with Crippen molar-refractivity contribution < 1.29 is 4.74 Å². The third-order valence-electron chi connectivity index (χ3n) is 2.42. The number of hydrogen-bond donors (Lipinski definition) is 1. The zero-order valence-corrected chi connectivity index (χ0v) is 9.25. The van der Waals surface area contributed by atoms with Crippen molar-refractivity contribution in [3.05, 3.63) is 0 Å². The molecule has 0 amide bonds. The molecule has 2 N–H and O–H groups in total. The van der Waals surface area contributed by atoms with Crippen LogP contribution in [0.5, 0.6) is 0 Å². The van der Waals surface area contributed by atoms with Gasteiger partial charge >= 0.3 is 0 Å². The Balaban J connectivity index is 3.63. The fourth-order valence-electron chi connectivity index (χ4n) is 1.46. The number of rotatable bonds is 8. The molecule has 0 heterocycles. The third kappa shape index (κ3) is 6.02. The normalized spacial score (nSPS) is 13.6. The largest absolute Gasteiger partial charge is 0.385 e. The minimum absolute atomic E-state index is 0.608. The van der Waals surface area contributed by atoms with Crippen LogP contribution in [0, 0.1) is 0 Å². The average molecular weight is 188 g/mol. The Labute approximate surface area is 82.2 Å². The van der Waals surface area contributed by atoms with Crippen LogP contribution in [0.3, 0.4) is 0 Å². The van der Waals surface area contributed by atoms with E-state index in [1.165, 1.54) is 0 Å². The van der Waals surface area contributed by atoms with Gasteiger partial charge in [-0.3, -0.25) is 0 Å². The molecule has 0 aliphatic carbocycles. The van der Waals surface area contributed by atoms with Crippen molar-refractivity contribution in [2.24, 2.45) is 5.73 Å². The van der Waals surface area contributed by atoms with Crippen LogP contribution in [0.15, 0.2) is 0 Å². The highest BCUT2D eigenvalue weighted by molar-refractivity contribution is 4.65. The van der Waals surface area contributed by atoms with E-state index >= 15 is 0 Å². The summed E-state index contributed by atoms with van der Waals surface area (Å²) in [5.74, 6) is 0. The number of methoxy groups -OCH3 is 1. The highest BCUT2D eigenvalue weighted by Crippen LogP contribution is 2.04. The molecule has 0 aromatic heterocycles. The molecule has 3 nitrogen and oxygen atoms in total. The number of nitrogens with zero attached hydrogens (tertiary/aromatic N) is 1. The van der Waals surface area contributed by atoms with E-state index in [2.05, 4.69) is 18.7 Å². The van der Waals surface area contributed by atoms with Crippen molar-refractivity contribution in [3.8, 4) is 0 Å². The van der Waals surface area contributed by atoms with Crippen molar-refractivity contribution >= 4 is 0 Å². The van der Waals surface area contributed by atoms with Crippen LogP contribution < -0.4 is 5.73 Å². The van der Waals surface area contributed by atoms with Gasteiger partial charge in [-0.2, -0.15) is 0 Å². The second-order valence-corrected chi connectivity index (χ2v) is 3.40. The van der Waals surface area contributed by atoms with Gasteiger partial charge in [0.15, 0.2) is 0 Å². The van der Waals surface area contributed by atoms with Crippen molar-refractivity contribution in [1.29, 1.82) is 0 Å². The molecular formula is C10H24N2O. The molecule has 0 aromatic rings. The Morgan fingerprint density at radius 1 is 1.46 bits per heavy atom. The Kier molecular flexibility index (Phi) is 8.40. The molecule has 0 rings (SSSR count). The van der Waals surface area contributed by atoms with Crippen LogP contribution >= 0.6 is 0 Å². The maximum absolute atomic E-state index is 5.48.